The van der Waals surface area contributed by atoms with Crippen molar-refractivity contribution in [3.8, 4) is 0 Å². The van der Waals surface area contributed by atoms with E-state index in [2.05, 4.69) is 26.0 Å². The molecule has 3 fully saturated rings. The molecule has 2 heterocycles. The third-order valence-corrected chi connectivity index (χ3v) is 6.40. The summed E-state index contributed by atoms with van der Waals surface area (Å²) in [6.07, 6.45) is 16.2. The molecule has 0 bridgehead atoms. The van der Waals surface area contributed by atoms with Gasteiger partial charge in [-0.2, -0.15) is 0 Å². The van der Waals surface area contributed by atoms with Crippen LogP contribution in [0, 0.1) is 5.92 Å². The van der Waals surface area contributed by atoms with Gasteiger partial charge in [-0.05, 0) is 51.0 Å². The topological polar surface area (TPSA) is 50.2 Å². The van der Waals surface area contributed by atoms with Crippen LogP contribution < -0.4 is 5.32 Å². The monoisotopic (exact) mass is 358 g/mol. The number of hydrogen-bond acceptors (Lipinski definition) is 3. The van der Waals surface area contributed by atoms with Gasteiger partial charge in [0, 0.05) is 50.4 Å². The first kappa shape index (κ1) is 18.0. The predicted octanol–water partition coefficient (Wildman–Crippen LogP) is 3.31. The Labute approximate surface area is 157 Å². The van der Waals surface area contributed by atoms with Crippen molar-refractivity contribution >= 4 is 5.91 Å². The van der Waals surface area contributed by atoms with Gasteiger partial charge in [-0.3, -0.25) is 4.79 Å². The summed E-state index contributed by atoms with van der Waals surface area (Å²) in [6.45, 7) is 4.21. The summed E-state index contributed by atoms with van der Waals surface area (Å²) in [4.78, 5) is 19.5. The van der Waals surface area contributed by atoms with Crippen LogP contribution in [0.25, 0.3) is 0 Å². The van der Waals surface area contributed by atoms with Gasteiger partial charge in [0.1, 0.15) is 5.82 Å². The highest BCUT2D eigenvalue weighted by Crippen LogP contribution is 2.33. The molecule has 1 aromatic rings. The lowest BCUT2D eigenvalue weighted by atomic mass is 9.95. The van der Waals surface area contributed by atoms with E-state index in [9.17, 15) is 4.79 Å². The highest BCUT2D eigenvalue weighted by Gasteiger charge is 2.28. The lowest BCUT2D eigenvalue weighted by Crippen LogP contribution is -2.40. The van der Waals surface area contributed by atoms with Gasteiger partial charge in [-0.15, -0.1) is 0 Å². The Kier molecular flexibility index (Phi) is 5.93. The molecule has 26 heavy (non-hydrogen) atoms. The number of carbonyl (C=O) groups excluding carboxylic acids is 1. The van der Waals surface area contributed by atoms with Crippen molar-refractivity contribution in [1.82, 2.24) is 19.8 Å². The summed E-state index contributed by atoms with van der Waals surface area (Å²) in [6, 6.07) is 0.431. The Balaban J connectivity index is 1.24. The summed E-state index contributed by atoms with van der Waals surface area (Å²) < 4.78 is 2.39. The van der Waals surface area contributed by atoms with E-state index in [0.29, 0.717) is 18.4 Å². The van der Waals surface area contributed by atoms with Gasteiger partial charge < -0.3 is 14.8 Å². The fourth-order valence-electron chi connectivity index (χ4n) is 4.69. The zero-order valence-electron chi connectivity index (χ0n) is 16.0. The summed E-state index contributed by atoms with van der Waals surface area (Å²) in [5.74, 6) is 2.92. The van der Waals surface area contributed by atoms with Crippen molar-refractivity contribution in [3.63, 3.8) is 0 Å². The quantitative estimate of drug-likeness (QED) is 0.813. The van der Waals surface area contributed by atoms with Crippen molar-refractivity contribution < 1.29 is 4.79 Å². The number of nitrogens with zero attached hydrogens (tertiary/aromatic N) is 3. The Hall–Kier alpha value is -1.36. The van der Waals surface area contributed by atoms with Gasteiger partial charge in [-0.1, -0.05) is 19.3 Å². The molecule has 1 atom stereocenters. The highest BCUT2D eigenvalue weighted by molar-refractivity contribution is 5.76. The number of amides is 1. The molecule has 0 unspecified atom stereocenters. The molecule has 144 valence electrons. The van der Waals surface area contributed by atoms with E-state index >= 15 is 0 Å². The van der Waals surface area contributed by atoms with Crippen LogP contribution in [0.4, 0.5) is 0 Å². The first-order valence-corrected chi connectivity index (χ1v) is 10.8. The van der Waals surface area contributed by atoms with Crippen LogP contribution in [0.3, 0.4) is 0 Å². The van der Waals surface area contributed by atoms with Gasteiger partial charge in [0.05, 0.1) is 0 Å². The summed E-state index contributed by atoms with van der Waals surface area (Å²) in [5.41, 5.74) is 0. The van der Waals surface area contributed by atoms with E-state index in [0.717, 1.165) is 32.1 Å². The zero-order chi connectivity index (χ0) is 17.8. The van der Waals surface area contributed by atoms with Crippen LogP contribution in [0.5, 0.6) is 0 Å². The van der Waals surface area contributed by atoms with E-state index in [-0.39, 0.29) is 5.91 Å². The van der Waals surface area contributed by atoms with Crippen LogP contribution in [-0.2, 0) is 11.3 Å². The maximum absolute atomic E-state index is 12.3. The number of likely N-dealkylation sites (tertiary alicyclic amines) is 1. The molecule has 2 saturated carbocycles. The second-order valence-electron chi connectivity index (χ2n) is 8.67. The Bertz CT molecular complexity index is 589. The third-order valence-electron chi connectivity index (χ3n) is 6.40. The highest BCUT2D eigenvalue weighted by atomic mass is 16.1. The van der Waals surface area contributed by atoms with Crippen LogP contribution in [0.1, 0.15) is 76.0 Å². The average Bonchev–Trinajstić information content (AvgIpc) is 3.36. The molecule has 1 N–H and O–H groups in total. The first-order chi connectivity index (χ1) is 12.8. The summed E-state index contributed by atoms with van der Waals surface area (Å²) >= 11 is 0. The number of rotatable bonds is 7. The minimum atomic E-state index is 0.245. The minimum absolute atomic E-state index is 0.245. The molecule has 4 rings (SSSR count). The Morgan fingerprint density at radius 1 is 1.12 bits per heavy atom. The second-order valence-corrected chi connectivity index (χ2v) is 8.67. The number of piperidine rings is 1. The normalized spacial score (nSPS) is 25.3. The van der Waals surface area contributed by atoms with E-state index in [4.69, 9.17) is 0 Å². The number of carbonyl (C=O) groups is 1. The van der Waals surface area contributed by atoms with Crippen LogP contribution in [0.15, 0.2) is 12.4 Å². The van der Waals surface area contributed by atoms with E-state index < -0.39 is 0 Å². The van der Waals surface area contributed by atoms with E-state index in [1.54, 1.807) is 0 Å². The molecule has 1 aliphatic heterocycles. The van der Waals surface area contributed by atoms with E-state index in [1.807, 2.05) is 6.20 Å². The number of nitrogens with one attached hydrogen (secondary N) is 1. The molecule has 3 aliphatic rings. The molecular weight excluding hydrogens is 324 g/mol. The second kappa shape index (κ2) is 8.55. The molecular formula is C21H34N4O. The molecule has 2 aliphatic carbocycles. The third kappa shape index (κ3) is 4.87. The smallest absolute Gasteiger partial charge is 0.221 e. The van der Waals surface area contributed by atoms with Crippen LogP contribution in [0.2, 0.25) is 0 Å². The Morgan fingerprint density at radius 3 is 2.77 bits per heavy atom. The molecule has 1 amide bonds. The summed E-state index contributed by atoms with van der Waals surface area (Å²) in [5, 5.41) is 3.25. The first-order valence-electron chi connectivity index (χ1n) is 10.8. The van der Waals surface area contributed by atoms with Crippen molar-refractivity contribution in [2.24, 2.45) is 5.92 Å². The van der Waals surface area contributed by atoms with Crippen LogP contribution in [-0.4, -0.2) is 46.0 Å². The van der Waals surface area contributed by atoms with E-state index in [1.165, 1.54) is 63.6 Å². The van der Waals surface area contributed by atoms with Gasteiger partial charge in [0.25, 0.3) is 0 Å². The van der Waals surface area contributed by atoms with Crippen molar-refractivity contribution in [2.45, 2.75) is 82.7 Å². The van der Waals surface area contributed by atoms with Gasteiger partial charge >= 0.3 is 0 Å². The molecule has 1 saturated heterocycles. The average molecular weight is 359 g/mol. The van der Waals surface area contributed by atoms with Gasteiger partial charge in [0.2, 0.25) is 5.91 Å². The lowest BCUT2D eigenvalue weighted by Gasteiger charge is -2.32. The standard InChI is InChI=1S/C21H34N4O/c26-20(23-19-6-2-1-3-7-19)10-13-24-12-4-5-18(16-24)21-22-11-14-25(21)15-17-8-9-17/h11,14,17-19H,1-10,12-13,15-16H2,(H,23,26)/t18-/m0/s1. The molecule has 5 nitrogen and oxygen atoms in total. The molecule has 0 spiro atoms. The molecule has 1 aromatic heterocycles. The molecule has 0 radical (unpaired) electrons. The molecule has 0 aromatic carbocycles. The maximum atomic E-state index is 12.3. The predicted molar refractivity (Wildman–Crippen MR) is 103 cm³/mol. The van der Waals surface area contributed by atoms with Crippen LogP contribution >= 0.6 is 0 Å². The minimum Gasteiger partial charge on any atom is -0.353 e. The fourth-order valence-corrected chi connectivity index (χ4v) is 4.69. The number of hydrogen-bond donors (Lipinski definition) is 1. The van der Waals surface area contributed by atoms with Gasteiger partial charge in [-0.25, -0.2) is 4.98 Å². The summed E-state index contributed by atoms with van der Waals surface area (Å²) in [7, 11) is 0. The fraction of sp³-hybridized carbons (Fsp3) is 0.810. The lowest BCUT2D eigenvalue weighted by molar-refractivity contribution is -0.122. The molecule has 5 heteroatoms. The van der Waals surface area contributed by atoms with Crippen molar-refractivity contribution in [2.75, 3.05) is 19.6 Å². The number of imidazole rings is 1. The van der Waals surface area contributed by atoms with Crippen molar-refractivity contribution in [1.29, 1.82) is 0 Å². The zero-order valence-corrected chi connectivity index (χ0v) is 16.0. The van der Waals surface area contributed by atoms with Crippen molar-refractivity contribution in [3.05, 3.63) is 18.2 Å². The van der Waals surface area contributed by atoms with Gasteiger partial charge in [0.15, 0.2) is 0 Å². The maximum Gasteiger partial charge on any atom is 0.221 e. The largest absolute Gasteiger partial charge is 0.353 e. The number of aromatic nitrogens is 2. The Morgan fingerprint density at radius 2 is 1.96 bits per heavy atom. The SMILES string of the molecule is O=C(CCN1CCC[C@H](c2nccn2CC2CC2)C1)NC1CCCCC1.